The SMILES string of the molecule is CCC(C)C1C2CCCCC21. The van der Waals surface area contributed by atoms with Crippen LogP contribution in [0.5, 0.6) is 0 Å². The molecule has 0 amide bonds. The van der Waals surface area contributed by atoms with Crippen molar-refractivity contribution in [1.82, 2.24) is 0 Å². The van der Waals surface area contributed by atoms with Gasteiger partial charge in [-0.25, -0.2) is 0 Å². The molecule has 0 heteroatoms. The summed E-state index contributed by atoms with van der Waals surface area (Å²) in [4.78, 5) is 0. The summed E-state index contributed by atoms with van der Waals surface area (Å²) in [7, 11) is 0. The van der Waals surface area contributed by atoms with Crippen molar-refractivity contribution in [2.75, 3.05) is 0 Å². The van der Waals surface area contributed by atoms with Gasteiger partial charge < -0.3 is 0 Å². The molecule has 2 fully saturated rings. The van der Waals surface area contributed by atoms with E-state index in [9.17, 15) is 0 Å². The van der Waals surface area contributed by atoms with Crippen LogP contribution in [0.3, 0.4) is 0 Å². The summed E-state index contributed by atoms with van der Waals surface area (Å²) in [5.74, 6) is 4.49. The first-order chi connectivity index (χ1) is 5.34. The topological polar surface area (TPSA) is 0 Å². The second-order valence-electron chi connectivity index (χ2n) is 4.58. The smallest absolute Gasteiger partial charge is 0.0326 e. The van der Waals surface area contributed by atoms with E-state index in [4.69, 9.17) is 0 Å². The molecular formula is C11H20. The summed E-state index contributed by atoms with van der Waals surface area (Å²) in [6, 6.07) is 0. The van der Waals surface area contributed by atoms with Gasteiger partial charge in [0.05, 0.1) is 0 Å². The Morgan fingerprint density at radius 3 is 2.18 bits per heavy atom. The highest BCUT2D eigenvalue weighted by Gasteiger charge is 2.51. The average Bonchev–Trinajstić information content (AvgIpc) is 2.77. The van der Waals surface area contributed by atoms with Gasteiger partial charge in [-0.3, -0.25) is 0 Å². The van der Waals surface area contributed by atoms with E-state index in [2.05, 4.69) is 13.8 Å². The van der Waals surface area contributed by atoms with Crippen molar-refractivity contribution < 1.29 is 0 Å². The monoisotopic (exact) mass is 152 g/mol. The van der Waals surface area contributed by atoms with Crippen molar-refractivity contribution in [1.29, 1.82) is 0 Å². The fraction of sp³-hybridized carbons (Fsp3) is 1.00. The first kappa shape index (κ1) is 7.64. The summed E-state index contributed by atoms with van der Waals surface area (Å²) in [6.45, 7) is 4.79. The first-order valence-electron chi connectivity index (χ1n) is 5.34. The molecule has 0 aromatic rings. The minimum Gasteiger partial charge on any atom is -0.0651 e. The van der Waals surface area contributed by atoms with E-state index in [1.807, 2.05) is 0 Å². The van der Waals surface area contributed by atoms with E-state index < -0.39 is 0 Å². The van der Waals surface area contributed by atoms with Crippen LogP contribution in [0.25, 0.3) is 0 Å². The third-order valence-electron chi connectivity index (χ3n) is 4.02. The van der Waals surface area contributed by atoms with Crippen LogP contribution in [0, 0.1) is 23.7 Å². The number of hydrogen-bond acceptors (Lipinski definition) is 0. The van der Waals surface area contributed by atoms with Crippen LogP contribution in [0.2, 0.25) is 0 Å². The van der Waals surface area contributed by atoms with Crippen LogP contribution in [0.4, 0.5) is 0 Å². The molecule has 11 heavy (non-hydrogen) atoms. The summed E-state index contributed by atoms with van der Waals surface area (Å²) >= 11 is 0. The molecule has 64 valence electrons. The standard InChI is InChI=1S/C11H20/c1-3-8(2)11-9-6-4-5-7-10(9)11/h8-11H,3-7H2,1-2H3. The molecule has 3 atom stereocenters. The van der Waals surface area contributed by atoms with Crippen molar-refractivity contribution >= 4 is 0 Å². The molecule has 0 aromatic carbocycles. The number of fused-ring (bicyclic) bond motifs is 1. The quantitative estimate of drug-likeness (QED) is 0.568. The lowest BCUT2D eigenvalue weighted by Gasteiger charge is -2.05. The van der Waals surface area contributed by atoms with Crippen LogP contribution in [-0.2, 0) is 0 Å². The van der Waals surface area contributed by atoms with Gasteiger partial charge in [-0.15, -0.1) is 0 Å². The Labute approximate surface area is 70.4 Å². The molecular weight excluding hydrogens is 132 g/mol. The Bertz CT molecular complexity index is 127. The Balaban J connectivity index is 1.89. The zero-order valence-electron chi connectivity index (χ0n) is 7.84. The molecule has 2 aliphatic rings. The Kier molecular flexibility index (Phi) is 1.95. The van der Waals surface area contributed by atoms with Crippen LogP contribution in [-0.4, -0.2) is 0 Å². The molecule has 0 spiro atoms. The highest BCUT2D eigenvalue weighted by molar-refractivity contribution is 5.00. The molecule has 2 rings (SSSR count). The van der Waals surface area contributed by atoms with Crippen LogP contribution >= 0.6 is 0 Å². The normalized spacial score (nSPS) is 44.7. The maximum absolute atomic E-state index is 2.45. The van der Waals surface area contributed by atoms with Gasteiger partial charge in [0, 0.05) is 0 Å². The second kappa shape index (κ2) is 2.80. The van der Waals surface area contributed by atoms with Crippen molar-refractivity contribution in [2.24, 2.45) is 23.7 Å². The first-order valence-corrected chi connectivity index (χ1v) is 5.34. The molecule has 0 N–H and O–H groups in total. The lowest BCUT2D eigenvalue weighted by atomic mass is 10.0. The lowest BCUT2D eigenvalue weighted by Crippen LogP contribution is -1.97. The van der Waals surface area contributed by atoms with E-state index in [0.29, 0.717) is 0 Å². The van der Waals surface area contributed by atoms with Crippen LogP contribution in [0.15, 0.2) is 0 Å². The Morgan fingerprint density at radius 1 is 1.18 bits per heavy atom. The fourth-order valence-electron chi connectivity index (χ4n) is 3.16. The molecule has 0 aliphatic heterocycles. The molecule has 0 aromatic heterocycles. The molecule has 0 nitrogen and oxygen atoms in total. The summed E-state index contributed by atoms with van der Waals surface area (Å²) in [5.41, 5.74) is 0. The van der Waals surface area contributed by atoms with Gasteiger partial charge in [-0.1, -0.05) is 33.1 Å². The van der Waals surface area contributed by atoms with E-state index >= 15 is 0 Å². The fourth-order valence-corrected chi connectivity index (χ4v) is 3.16. The predicted molar refractivity (Wildman–Crippen MR) is 48.4 cm³/mol. The predicted octanol–water partition coefficient (Wildman–Crippen LogP) is 3.47. The molecule has 0 saturated heterocycles. The molecule has 2 saturated carbocycles. The van der Waals surface area contributed by atoms with Gasteiger partial charge in [0.25, 0.3) is 0 Å². The van der Waals surface area contributed by atoms with E-state index in [0.717, 1.165) is 11.8 Å². The minimum atomic E-state index is 1.02. The van der Waals surface area contributed by atoms with Gasteiger partial charge in [-0.05, 0) is 36.5 Å². The number of hydrogen-bond donors (Lipinski definition) is 0. The summed E-state index contributed by atoms with van der Waals surface area (Å²) < 4.78 is 0. The summed E-state index contributed by atoms with van der Waals surface area (Å²) in [5, 5.41) is 0. The maximum atomic E-state index is 2.45. The van der Waals surface area contributed by atoms with E-state index in [-0.39, 0.29) is 0 Å². The second-order valence-corrected chi connectivity index (χ2v) is 4.58. The molecule has 3 unspecified atom stereocenters. The van der Waals surface area contributed by atoms with Crippen molar-refractivity contribution in [3.8, 4) is 0 Å². The van der Waals surface area contributed by atoms with Crippen LogP contribution < -0.4 is 0 Å². The summed E-state index contributed by atoms with van der Waals surface area (Å²) in [6.07, 6.45) is 7.55. The van der Waals surface area contributed by atoms with Crippen molar-refractivity contribution in [2.45, 2.75) is 46.0 Å². The van der Waals surface area contributed by atoms with Crippen molar-refractivity contribution in [3.05, 3.63) is 0 Å². The largest absolute Gasteiger partial charge is 0.0651 e. The average molecular weight is 152 g/mol. The molecule has 2 aliphatic carbocycles. The third-order valence-corrected chi connectivity index (χ3v) is 4.02. The maximum Gasteiger partial charge on any atom is -0.0326 e. The van der Waals surface area contributed by atoms with E-state index in [1.165, 1.54) is 31.1 Å². The highest BCUT2D eigenvalue weighted by Crippen LogP contribution is 2.59. The van der Waals surface area contributed by atoms with Crippen LogP contribution in [0.1, 0.15) is 46.0 Å². The van der Waals surface area contributed by atoms with Gasteiger partial charge in [0.1, 0.15) is 0 Å². The molecule has 0 bridgehead atoms. The molecule has 0 heterocycles. The van der Waals surface area contributed by atoms with E-state index in [1.54, 1.807) is 12.8 Å². The van der Waals surface area contributed by atoms with Gasteiger partial charge in [0.2, 0.25) is 0 Å². The minimum absolute atomic E-state index is 1.02. The van der Waals surface area contributed by atoms with Gasteiger partial charge in [0.15, 0.2) is 0 Å². The lowest BCUT2D eigenvalue weighted by molar-refractivity contribution is 0.447. The van der Waals surface area contributed by atoms with Gasteiger partial charge >= 0.3 is 0 Å². The molecule has 0 radical (unpaired) electrons. The van der Waals surface area contributed by atoms with Crippen molar-refractivity contribution in [3.63, 3.8) is 0 Å². The zero-order chi connectivity index (χ0) is 7.84. The zero-order valence-corrected chi connectivity index (χ0v) is 7.84. The van der Waals surface area contributed by atoms with Gasteiger partial charge in [-0.2, -0.15) is 0 Å². The third kappa shape index (κ3) is 1.21. The highest BCUT2D eigenvalue weighted by atomic mass is 14.6. The Hall–Kier alpha value is 0. The number of rotatable bonds is 2. The Morgan fingerprint density at radius 2 is 1.73 bits per heavy atom.